The lowest BCUT2D eigenvalue weighted by atomic mass is 9.47. The number of anilines is 1. The van der Waals surface area contributed by atoms with Crippen LogP contribution in [-0.2, 0) is 55.9 Å². The minimum atomic E-state index is -4.03. The van der Waals surface area contributed by atoms with E-state index in [0.29, 0.717) is 87.5 Å². The van der Waals surface area contributed by atoms with Gasteiger partial charge in [-0.05, 0) is 97.2 Å². The molecule has 4 aromatic carbocycles. The molecule has 6 aliphatic rings. The van der Waals surface area contributed by atoms with Crippen LogP contribution in [0.1, 0.15) is 75.3 Å². The number of aromatic amines is 1. The van der Waals surface area contributed by atoms with Gasteiger partial charge in [0.1, 0.15) is 11.2 Å². The van der Waals surface area contributed by atoms with E-state index in [9.17, 15) is 23.1 Å². The molecule has 2 bridgehead atoms. The topological polar surface area (TPSA) is 180 Å². The van der Waals surface area contributed by atoms with Gasteiger partial charge in [-0.25, -0.2) is 17.9 Å². The van der Waals surface area contributed by atoms with E-state index in [1.54, 1.807) is 19.2 Å². The van der Waals surface area contributed by atoms with Gasteiger partial charge in [-0.3, -0.25) is 14.5 Å². The number of hydrogen-bond acceptors (Lipinski definition) is 13. The summed E-state index contributed by atoms with van der Waals surface area (Å²) in [7, 11) is 2.05. The number of aliphatic hydroxyl groups is 1. The number of fused-ring (bicyclic) bond motifs is 7. The van der Waals surface area contributed by atoms with E-state index < -0.39 is 67.5 Å². The number of nitrogens with one attached hydrogen (secondary N) is 2. The van der Waals surface area contributed by atoms with Gasteiger partial charge in [-0.2, -0.15) is 0 Å². The molecular weight excluding hydrogens is 935 g/mol. The molecule has 1 spiro atoms. The predicted molar refractivity (Wildman–Crippen MR) is 272 cm³/mol. The van der Waals surface area contributed by atoms with Crippen molar-refractivity contribution in [3.05, 3.63) is 113 Å². The average molecular weight is 1000 g/mol. The molecule has 1 saturated carbocycles. The quantitative estimate of drug-likeness (QED) is 0.0828. The van der Waals surface area contributed by atoms with E-state index >= 15 is 4.79 Å². The molecule has 10 atom stereocenters. The van der Waals surface area contributed by atoms with Crippen molar-refractivity contribution in [3.63, 3.8) is 0 Å². The summed E-state index contributed by atoms with van der Waals surface area (Å²) >= 11 is 0. The Labute approximate surface area is 420 Å². The van der Waals surface area contributed by atoms with Crippen molar-refractivity contribution in [1.82, 2.24) is 19.5 Å². The summed E-state index contributed by atoms with van der Waals surface area (Å²) in [5, 5.41) is 16.2. The molecule has 6 heterocycles. The molecule has 1 aromatic heterocycles. The Morgan fingerprint density at radius 1 is 0.875 bits per heavy atom. The van der Waals surface area contributed by atoms with E-state index in [2.05, 4.69) is 31.6 Å². The fraction of sp³-hybridized carbons (Fsp3) is 0.482. The molecule has 0 radical (unpaired) electrons. The summed E-state index contributed by atoms with van der Waals surface area (Å²) in [6.07, 6.45) is 5.39. The number of aromatic nitrogens is 1. The second kappa shape index (κ2) is 17.2. The van der Waals surface area contributed by atoms with Gasteiger partial charge < -0.3 is 38.8 Å². The normalized spacial score (nSPS) is 32.7. The van der Waals surface area contributed by atoms with Crippen molar-refractivity contribution in [2.45, 2.75) is 104 Å². The molecule has 72 heavy (non-hydrogen) atoms. The SMILES string of the molecule is CC[C@]1(NS(=O)(=O)c2ccc3ccccc3c2)C[C@H]2CN(CCc3c([nH]c4ccccc34)[C@@](C(=O)OC)(c3cc4c(cc3OC)N(C)[C@H]3[C@@](O)(C(=O)OC)[C@H](OC(C)=O)[C@]5(CC)C=CCN6CC[C@]43[C@@H]65)C2)C1. The second-order valence-electron chi connectivity index (χ2n) is 21.4. The van der Waals surface area contributed by atoms with Crippen molar-refractivity contribution >= 4 is 55.3 Å². The van der Waals surface area contributed by atoms with Crippen molar-refractivity contribution in [3.8, 4) is 5.75 Å². The van der Waals surface area contributed by atoms with Crippen molar-refractivity contribution in [1.29, 1.82) is 0 Å². The van der Waals surface area contributed by atoms with Crippen LogP contribution in [-0.4, -0.2) is 137 Å². The first-order valence-electron chi connectivity index (χ1n) is 25.3. The highest BCUT2D eigenvalue weighted by Gasteiger charge is 2.80. The fourth-order valence-corrected chi connectivity index (χ4v) is 16.9. The third kappa shape index (κ3) is 6.67. The lowest BCUT2D eigenvalue weighted by Crippen LogP contribution is -2.81. The van der Waals surface area contributed by atoms with Crippen LogP contribution in [0.15, 0.2) is 95.9 Å². The molecule has 16 heteroatoms. The third-order valence-corrected chi connectivity index (χ3v) is 19.6. The number of sulfonamides is 1. The Balaban J connectivity index is 1.13. The maximum Gasteiger partial charge on any atom is 0.344 e. The van der Waals surface area contributed by atoms with Crippen LogP contribution in [0.2, 0.25) is 0 Å². The van der Waals surface area contributed by atoms with Gasteiger partial charge in [-0.1, -0.05) is 74.5 Å². The number of carbonyl (C=O) groups is 3. The molecule has 15 nitrogen and oxygen atoms in total. The lowest BCUT2D eigenvalue weighted by Gasteiger charge is -2.63. The van der Waals surface area contributed by atoms with Crippen LogP contribution in [0.25, 0.3) is 21.7 Å². The molecular formula is C56H65N5O10S. The number of ether oxygens (including phenoxy) is 4. The molecule has 3 N–H and O–H groups in total. The number of benzene rings is 4. The Kier molecular flexibility index (Phi) is 11.6. The van der Waals surface area contributed by atoms with Gasteiger partial charge in [0.2, 0.25) is 15.6 Å². The van der Waals surface area contributed by atoms with Crippen molar-refractivity contribution in [2.75, 3.05) is 66.0 Å². The fourth-order valence-electron chi connectivity index (χ4n) is 15.4. The maximum absolute atomic E-state index is 15.8. The second-order valence-corrected chi connectivity index (χ2v) is 23.1. The smallest absolute Gasteiger partial charge is 0.344 e. The maximum atomic E-state index is 15.8. The Hall–Kier alpha value is -5.78. The number of methoxy groups -OCH3 is 3. The van der Waals surface area contributed by atoms with Crippen LogP contribution in [0.3, 0.4) is 0 Å². The zero-order valence-electron chi connectivity index (χ0n) is 42.1. The number of H-pyrrole nitrogens is 1. The largest absolute Gasteiger partial charge is 0.496 e. The molecule has 1 unspecified atom stereocenters. The number of para-hydroxylation sites is 1. The Morgan fingerprint density at radius 2 is 1.62 bits per heavy atom. The van der Waals surface area contributed by atoms with Gasteiger partial charge in [0.05, 0.1) is 32.3 Å². The molecule has 11 rings (SSSR count). The first-order chi connectivity index (χ1) is 34.5. The van der Waals surface area contributed by atoms with Crippen LogP contribution < -0.4 is 14.4 Å². The van der Waals surface area contributed by atoms with Crippen molar-refractivity contribution < 1.29 is 46.9 Å². The zero-order chi connectivity index (χ0) is 50.8. The monoisotopic (exact) mass is 999 g/mol. The summed E-state index contributed by atoms with van der Waals surface area (Å²) in [5.41, 5.74) is -2.27. The van der Waals surface area contributed by atoms with Gasteiger partial charge in [0, 0.05) is 96.5 Å². The number of likely N-dealkylation sites (N-methyl/N-ethyl adjacent to an activating group) is 1. The Bertz CT molecular complexity index is 3190. The molecule has 1 aliphatic carbocycles. The highest BCUT2D eigenvalue weighted by atomic mass is 32.2. The lowest BCUT2D eigenvalue weighted by molar-refractivity contribution is -0.228. The number of rotatable bonds is 10. The number of esters is 3. The summed E-state index contributed by atoms with van der Waals surface area (Å²) in [5.74, 6) is -1.90. The molecule has 5 aromatic rings. The van der Waals surface area contributed by atoms with Crippen LogP contribution in [0, 0.1) is 11.3 Å². The predicted octanol–water partition coefficient (Wildman–Crippen LogP) is 6.13. The highest BCUT2D eigenvalue weighted by Crippen LogP contribution is 2.68. The first kappa shape index (κ1) is 48.5. The van der Waals surface area contributed by atoms with E-state index in [4.69, 9.17) is 18.9 Å². The van der Waals surface area contributed by atoms with E-state index in [-0.39, 0.29) is 23.3 Å². The minimum absolute atomic E-state index is 0.190. The molecule has 5 aliphatic heterocycles. The Morgan fingerprint density at radius 3 is 2.35 bits per heavy atom. The van der Waals surface area contributed by atoms with Gasteiger partial charge in [0.15, 0.2) is 6.10 Å². The van der Waals surface area contributed by atoms with Crippen LogP contribution in [0.5, 0.6) is 5.75 Å². The summed E-state index contributed by atoms with van der Waals surface area (Å²) in [4.78, 5) is 54.2. The molecule has 2 saturated heterocycles. The van der Waals surface area contributed by atoms with Crippen LogP contribution in [0.4, 0.5) is 5.69 Å². The zero-order valence-corrected chi connectivity index (χ0v) is 42.9. The molecule has 3 fully saturated rings. The van der Waals surface area contributed by atoms with E-state index in [1.165, 1.54) is 21.1 Å². The van der Waals surface area contributed by atoms with Gasteiger partial charge in [-0.15, -0.1) is 0 Å². The standard InChI is InChI=1S/C56H65N5O10S/c1-8-52(58-72(66,67)38-20-19-36-15-10-11-16-37(36)27-38)30-35-31-55(50(63)69-6,46-40(21-25-60(32-35)33-52)39-17-12-13-18-43(39)57-46)42-28-41-44(29-45(42)68-5)59(4)48-54(41)23-26-61-24-14-22-53(9-2,47(54)61)49(71-34(3)62)56(48,65)51(64)70-7/h10-20,22,27-29,35,47-49,57-58,65H,8-9,21,23-26,30-33H2,1-7H3/t35-,47+,48-,49-,52+,53-,54-,55+,56+/m1/s1. The summed E-state index contributed by atoms with van der Waals surface area (Å²) in [6.45, 7) is 8.20. The van der Waals surface area contributed by atoms with Crippen LogP contribution >= 0.6 is 0 Å². The minimum Gasteiger partial charge on any atom is -0.496 e. The van der Waals surface area contributed by atoms with Crippen molar-refractivity contribution in [2.24, 2.45) is 11.3 Å². The number of piperidine rings is 1. The van der Waals surface area contributed by atoms with Gasteiger partial charge >= 0.3 is 17.9 Å². The molecule has 380 valence electrons. The van der Waals surface area contributed by atoms with E-state index in [0.717, 1.165) is 32.8 Å². The van der Waals surface area contributed by atoms with E-state index in [1.807, 2.05) is 92.5 Å². The number of carbonyl (C=O) groups excluding carboxylic acids is 3. The van der Waals surface area contributed by atoms with Gasteiger partial charge in [0.25, 0.3) is 0 Å². The number of nitrogens with zero attached hydrogens (tertiary/aromatic N) is 3. The highest BCUT2D eigenvalue weighted by molar-refractivity contribution is 7.89. The first-order valence-corrected chi connectivity index (χ1v) is 26.8. The summed E-state index contributed by atoms with van der Waals surface area (Å²) < 4.78 is 56.8. The summed E-state index contributed by atoms with van der Waals surface area (Å²) in [6, 6.07) is 23.6. The average Bonchev–Trinajstić information content (AvgIpc) is 4.05. The molecule has 0 amide bonds. The number of hydrogen-bond donors (Lipinski definition) is 3. The third-order valence-electron chi connectivity index (χ3n) is 18.0.